The molecule has 4 nitrogen and oxygen atoms in total. The molecule has 3 rings (SSSR count). The first kappa shape index (κ1) is 17.4. The maximum absolute atomic E-state index is 12.9. The Labute approximate surface area is 143 Å². The van der Waals surface area contributed by atoms with Crippen LogP contribution in [0.25, 0.3) is 0 Å². The molecule has 1 amide bonds. The van der Waals surface area contributed by atoms with Gasteiger partial charge in [0.1, 0.15) is 5.69 Å². The number of aromatic nitrogens is 2. The maximum atomic E-state index is 12.9. The van der Waals surface area contributed by atoms with E-state index in [1.165, 1.54) is 6.07 Å². The van der Waals surface area contributed by atoms with Crippen molar-refractivity contribution < 1.29 is 18.0 Å². The van der Waals surface area contributed by atoms with Gasteiger partial charge in [-0.15, -0.1) is 0 Å². The summed E-state index contributed by atoms with van der Waals surface area (Å²) in [4.78, 5) is 22.0. The molecule has 1 aliphatic heterocycles. The molecule has 1 fully saturated rings. The van der Waals surface area contributed by atoms with E-state index in [1.807, 2.05) is 12.1 Å². The smallest absolute Gasteiger partial charge is 0.332 e. The average molecular weight is 349 g/mol. The van der Waals surface area contributed by atoms with Gasteiger partial charge in [-0.2, -0.15) is 13.2 Å². The number of carbonyl (C=O) groups is 1. The molecule has 2 aromatic rings. The predicted molar refractivity (Wildman–Crippen MR) is 85.7 cm³/mol. The molecule has 7 heteroatoms. The molecule has 1 aliphatic rings. The van der Waals surface area contributed by atoms with Gasteiger partial charge in [0.05, 0.1) is 11.6 Å². The van der Waals surface area contributed by atoms with Gasteiger partial charge in [0.25, 0.3) is 5.91 Å². The van der Waals surface area contributed by atoms with Crippen molar-refractivity contribution in [2.75, 3.05) is 6.54 Å². The number of carbonyl (C=O) groups excluding carboxylic acids is 1. The van der Waals surface area contributed by atoms with Gasteiger partial charge in [0, 0.05) is 25.1 Å². The lowest BCUT2D eigenvalue weighted by molar-refractivity contribution is -0.141. The van der Waals surface area contributed by atoms with E-state index >= 15 is 0 Å². The van der Waals surface area contributed by atoms with Crippen molar-refractivity contribution in [3.8, 4) is 0 Å². The molecule has 1 saturated heterocycles. The number of hydrogen-bond acceptors (Lipinski definition) is 3. The van der Waals surface area contributed by atoms with Crippen LogP contribution in [0.5, 0.6) is 0 Å². The molecule has 0 radical (unpaired) electrons. The summed E-state index contributed by atoms with van der Waals surface area (Å²) in [5.74, 6) is -0.287. The zero-order valence-electron chi connectivity index (χ0n) is 13.5. The van der Waals surface area contributed by atoms with E-state index in [0.717, 1.165) is 43.5 Å². The first-order chi connectivity index (χ1) is 12.0. The molecule has 0 aliphatic carbocycles. The lowest BCUT2D eigenvalue weighted by atomic mass is 10.0. The van der Waals surface area contributed by atoms with Crippen LogP contribution in [0.1, 0.15) is 53.3 Å². The summed E-state index contributed by atoms with van der Waals surface area (Å²) in [7, 11) is 0. The Kier molecular flexibility index (Phi) is 5.01. The molecule has 1 unspecified atom stereocenters. The van der Waals surface area contributed by atoms with Gasteiger partial charge in [-0.3, -0.25) is 14.8 Å². The Balaban J connectivity index is 1.87. The Morgan fingerprint density at radius 3 is 2.48 bits per heavy atom. The molecule has 25 heavy (non-hydrogen) atoms. The van der Waals surface area contributed by atoms with Crippen LogP contribution in [0.15, 0.2) is 42.9 Å². The van der Waals surface area contributed by atoms with E-state index in [-0.39, 0.29) is 17.5 Å². The average Bonchev–Trinajstić information content (AvgIpc) is 2.87. The molecule has 0 aromatic carbocycles. The monoisotopic (exact) mass is 349 g/mol. The summed E-state index contributed by atoms with van der Waals surface area (Å²) < 4.78 is 37.9. The third-order valence-electron chi connectivity index (χ3n) is 4.41. The lowest BCUT2D eigenvalue weighted by Gasteiger charge is -2.30. The van der Waals surface area contributed by atoms with Crippen molar-refractivity contribution >= 4 is 5.91 Å². The van der Waals surface area contributed by atoms with Gasteiger partial charge in [0.15, 0.2) is 0 Å². The van der Waals surface area contributed by atoms with E-state index < -0.39 is 11.9 Å². The van der Waals surface area contributed by atoms with Crippen molar-refractivity contribution in [3.05, 3.63) is 59.7 Å². The van der Waals surface area contributed by atoms with Crippen LogP contribution in [-0.4, -0.2) is 27.3 Å². The fraction of sp³-hybridized carbons (Fsp3) is 0.389. The minimum Gasteiger partial charge on any atom is -0.332 e. The van der Waals surface area contributed by atoms with Crippen LogP contribution >= 0.6 is 0 Å². The molecule has 0 spiro atoms. The summed E-state index contributed by atoms with van der Waals surface area (Å²) >= 11 is 0. The second-order valence-corrected chi connectivity index (χ2v) is 6.07. The molecule has 3 heterocycles. The number of amides is 1. The van der Waals surface area contributed by atoms with Crippen LogP contribution in [-0.2, 0) is 6.18 Å². The SMILES string of the molecule is O=C(c1ccc(C(F)(F)F)nc1)N1CCCCCC1c1ccncc1. The largest absolute Gasteiger partial charge is 0.433 e. The van der Waals surface area contributed by atoms with Crippen molar-refractivity contribution in [3.63, 3.8) is 0 Å². The second kappa shape index (κ2) is 7.21. The molecule has 132 valence electrons. The van der Waals surface area contributed by atoms with E-state index in [9.17, 15) is 18.0 Å². The first-order valence-electron chi connectivity index (χ1n) is 8.21. The van der Waals surface area contributed by atoms with E-state index in [2.05, 4.69) is 9.97 Å². The molecular formula is C18H18F3N3O. The molecule has 0 bridgehead atoms. The summed E-state index contributed by atoms with van der Waals surface area (Å²) in [5.41, 5.74) is 0.171. The van der Waals surface area contributed by atoms with E-state index in [1.54, 1.807) is 17.3 Å². The van der Waals surface area contributed by atoms with Gasteiger partial charge in [-0.05, 0) is 42.7 Å². The van der Waals surface area contributed by atoms with Gasteiger partial charge < -0.3 is 4.90 Å². The first-order valence-corrected chi connectivity index (χ1v) is 8.21. The third-order valence-corrected chi connectivity index (χ3v) is 4.41. The van der Waals surface area contributed by atoms with E-state index in [4.69, 9.17) is 0 Å². The molecule has 0 saturated carbocycles. The van der Waals surface area contributed by atoms with Crippen LogP contribution in [0.4, 0.5) is 13.2 Å². The third kappa shape index (κ3) is 3.97. The fourth-order valence-corrected chi connectivity index (χ4v) is 3.14. The Morgan fingerprint density at radius 1 is 1.08 bits per heavy atom. The zero-order valence-corrected chi connectivity index (χ0v) is 13.5. The van der Waals surface area contributed by atoms with Crippen molar-refractivity contribution in [2.45, 2.75) is 37.9 Å². The molecule has 1 atom stereocenters. The van der Waals surface area contributed by atoms with Crippen LogP contribution in [0, 0.1) is 0 Å². The van der Waals surface area contributed by atoms with Crippen molar-refractivity contribution in [1.82, 2.24) is 14.9 Å². The summed E-state index contributed by atoms with van der Waals surface area (Å²) in [6.45, 7) is 0.576. The Bertz CT molecular complexity index is 717. The highest BCUT2D eigenvalue weighted by molar-refractivity contribution is 5.94. The topological polar surface area (TPSA) is 46.1 Å². The highest BCUT2D eigenvalue weighted by Gasteiger charge is 2.33. The number of hydrogen-bond donors (Lipinski definition) is 0. The number of likely N-dealkylation sites (tertiary alicyclic amines) is 1. The highest BCUT2D eigenvalue weighted by atomic mass is 19.4. The second-order valence-electron chi connectivity index (χ2n) is 6.07. The van der Waals surface area contributed by atoms with Gasteiger partial charge in [-0.25, -0.2) is 0 Å². The Morgan fingerprint density at radius 2 is 1.84 bits per heavy atom. The van der Waals surface area contributed by atoms with Crippen molar-refractivity contribution in [1.29, 1.82) is 0 Å². The van der Waals surface area contributed by atoms with E-state index in [0.29, 0.717) is 6.54 Å². The lowest BCUT2D eigenvalue weighted by Crippen LogP contribution is -2.35. The quantitative estimate of drug-likeness (QED) is 0.814. The number of rotatable bonds is 2. The van der Waals surface area contributed by atoms with Gasteiger partial charge >= 0.3 is 6.18 Å². The van der Waals surface area contributed by atoms with Gasteiger partial charge in [-0.1, -0.05) is 12.8 Å². The number of alkyl halides is 3. The molecule has 0 N–H and O–H groups in total. The number of pyridine rings is 2. The minimum absolute atomic E-state index is 0.0970. The predicted octanol–water partition coefficient (Wildman–Crippen LogP) is 4.25. The Hall–Kier alpha value is -2.44. The summed E-state index contributed by atoms with van der Waals surface area (Å²) in [5, 5.41) is 0. The molecule has 2 aromatic heterocycles. The zero-order chi connectivity index (χ0) is 17.9. The maximum Gasteiger partial charge on any atom is 0.433 e. The van der Waals surface area contributed by atoms with Crippen molar-refractivity contribution in [2.24, 2.45) is 0 Å². The highest BCUT2D eigenvalue weighted by Crippen LogP contribution is 2.32. The standard InChI is InChI=1S/C18H18F3N3O/c19-18(20,21)16-6-5-14(12-23-16)17(25)24-11-3-1-2-4-15(24)13-7-9-22-10-8-13/h5-10,12,15H,1-4,11H2. The normalized spacial score (nSPS) is 18.7. The number of nitrogens with zero attached hydrogens (tertiary/aromatic N) is 3. The van der Waals surface area contributed by atoms with Gasteiger partial charge in [0.2, 0.25) is 0 Å². The number of halogens is 3. The minimum atomic E-state index is -4.51. The summed E-state index contributed by atoms with van der Waals surface area (Å²) in [6.07, 6.45) is 3.60. The fourth-order valence-electron chi connectivity index (χ4n) is 3.14. The van der Waals surface area contributed by atoms with Crippen LogP contribution in [0.3, 0.4) is 0 Å². The molecular weight excluding hydrogens is 331 g/mol. The summed E-state index contributed by atoms with van der Waals surface area (Å²) in [6, 6.07) is 5.71. The van der Waals surface area contributed by atoms with Crippen LogP contribution in [0.2, 0.25) is 0 Å². The van der Waals surface area contributed by atoms with Crippen LogP contribution < -0.4 is 0 Å².